The van der Waals surface area contributed by atoms with Crippen LogP contribution >= 0.6 is 0 Å². The van der Waals surface area contributed by atoms with Crippen molar-refractivity contribution in [3.8, 4) is 11.3 Å². The smallest absolute Gasteiger partial charge is 0.252 e. The third-order valence-corrected chi connectivity index (χ3v) is 8.21. The van der Waals surface area contributed by atoms with Crippen molar-refractivity contribution >= 4 is 16.8 Å². The van der Waals surface area contributed by atoms with E-state index in [1.165, 1.54) is 19.3 Å². The second kappa shape index (κ2) is 10.7. The van der Waals surface area contributed by atoms with Gasteiger partial charge in [0, 0.05) is 35.6 Å². The number of hydrogen-bond acceptors (Lipinski definition) is 4. The Balaban J connectivity index is 1.61. The fraction of sp³-hybridized carbons (Fsp3) is 0.467. The molecule has 190 valence electrons. The monoisotopic (exact) mass is 486 g/mol. The highest BCUT2D eigenvalue weighted by molar-refractivity contribution is 6.09. The maximum atomic E-state index is 14.1. The summed E-state index contributed by atoms with van der Waals surface area (Å²) in [6, 6.07) is 17.9. The molecule has 1 aliphatic heterocycles. The minimum absolute atomic E-state index is 0.0837. The van der Waals surface area contributed by atoms with Crippen LogP contribution < -0.4 is 5.32 Å². The number of likely N-dealkylation sites (N-methyl/N-ethyl adjacent to an activating group) is 1. The highest BCUT2D eigenvalue weighted by Crippen LogP contribution is 2.34. The van der Waals surface area contributed by atoms with Gasteiger partial charge in [-0.2, -0.15) is 0 Å². The van der Waals surface area contributed by atoms with Gasteiger partial charge in [-0.1, -0.05) is 67.8 Å². The number of aromatic nitrogens is 1. The molecule has 0 bridgehead atoms. The lowest BCUT2D eigenvalue weighted by molar-refractivity contribution is -0.898. The molecule has 2 aromatic carbocycles. The Hall–Kier alpha value is -2.80. The molecule has 1 N–H and O–H groups in total. The third-order valence-electron chi connectivity index (χ3n) is 8.21. The zero-order chi connectivity index (χ0) is 25.1. The SMILES string of the molecule is CC(NC(=O)c1c(C[N+]2([O-])CCN(C)CC2)c(-c2ccccc2)nc2ccccc12)C1CCCCC1. The van der Waals surface area contributed by atoms with E-state index < -0.39 is 0 Å². The first-order valence-electron chi connectivity index (χ1n) is 13.5. The van der Waals surface area contributed by atoms with Crippen LogP contribution in [0.25, 0.3) is 22.2 Å². The number of benzene rings is 2. The van der Waals surface area contributed by atoms with Gasteiger partial charge in [0.25, 0.3) is 5.91 Å². The van der Waals surface area contributed by atoms with Crippen LogP contribution in [0.3, 0.4) is 0 Å². The molecular formula is C30H38N4O2. The van der Waals surface area contributed by atoms with E-state index >= 15 is 0 Å². The Labute approximate surface area is 214 Å². The van der Waals surface area contributed by atoms with Crippen molar-refractivity contribution in [2.75, 3.05) is 33.2 Å². The molecule has 0 spiro atoms. The van der Waals surface area contributed by atoms with Gasteiger partial charge in [0.15, 0.2) is 0 Å². The minimum atomic E-state index is -0.331. The highest BCUT2D eigenvalue weighted by atomic mass is 16.5. The summed E-state index contributed by atoms with van der Waals surface area (Å²) in [5, 5.41) is 18.1. The van der Waals surface area contributed by atoms with E-state index in [1.54, 1.807) is 0 Å². The molecule has 5 rings (SSSR count). The van der Waals surface area contributed by atoms with Gasteiger partial charge < -0.3 is 15.2 Å². The number of piperazine rings is 1. The predicted octanol–water partition coefficient (Wildman–Crippen LogP) is 5.36. The molecule has 1 atom stereocenters. The van der Waals surface area contributed by atoms with Gasteiger partial charge in [-0.15, -0.1) is 0 Å². The molecule has 1 unspecified atom stereocenters. The van der Waals surface area contributed by atoms with E-state index in [0.29, 0.717) is 24.6 Å². The lowest BCUT2D eigenvalue weighted by Crippen LogP contribution is -2.54. The lowest BCUT2D eigenvalue weighted by atomic mass is 9.84. The van der Waals surface area contributed by atoms with Gasteiger partial charge >= 0.3 is 0 Å². The second-order valence-corrected chi connectivity index (χ2v) is 10.8. The van der Waals surface area contributed by atoms with Crippen molar-refractivity contribution in [1.82, 2.24) is 15.2 Å². The second-order valence-electron chi connectivity index (χ2n) is 10.8. The number of pyridine rings is 1. The predicted molar refractivity (Wildman–Crippen MR) is 145 cm³/mol. The van der Waals surface area contributed by atoms with E-state index in [9.17, 15) is 10.0 Å². The normalized spacial score (nSPS) is 19.8. The van der Waals surface area contributed by atoms with Crippen LogP contribution in [0.5, 0.6) is 0 Å². The largest absolute Gasteiger partial charge is 0.632 e. The molecule has 3 aromatic rings. The molecule has 1 aliphatic carbocycles. The van der Waals surface area contributed by atoms with Crippen LogP contribution in [0.4, 0.5) is 0 Å². The highest BCUT2D eigenvalue weighted by Gasteiger charge is 2.31. The number of nitrogens with zero attached hydrogens (tertiary/aromatic N) is 3. The number of rotatable bonds is 6. The van der Waals surface area contributed by atoms with Crippen LogP contribution in [0.1, 0.15) is 54.9 Å². The van der Waals surface area contributed by atoms with Crippen molar-refractivity contribution in [3.63, 3.8) is 0 Å². The summed E-state index contributed by atoms with van der Waals surface area (Å²) in [6.07, 6.45) is 6.08. The summed E-state index contributed by atoms with van der Waals surface area (Å²) in [5.74, 6) is 0.419. The van der Waals surface area contributed by atoms with E-state index in [2.05, 4.69) is 24.2 Å². The number of fused-ring (bicyclic) bond motifs is 1. The van der Waals surface area contributed by atoms with Gasteiger partial charge in [0.1, 0.15) is 6.54 Å². The number of para-hydroxylation sites is 1. The van der Waals surface area contributed by atoms with Gasteiger partial charge in [-0.05, 0) is 38.8 Å². The topological polar surface area (TPSA) is 68.3 Å². The maximum Gasteiger partial charge on any atom is 0.252 e. The number of nitrogens with one attached hydrogen (secondary N) is 1. The molecule has 1 amide bonds. The number of hydroxylamine groups is 3. The molecule has 2 fully saturated rings. The summed E-state index contributed by atoms with van der Waals surface area (Å²) in [6.45, 7) is 4.92. The molecule has 6 nitrogen and oxygen atoms in total. The van der Waals surface area contributed by atoms with Gasteiger partial charge in [0.05, 0.1) is 29.9 Å². The molecule has 2 aliphatic rings. The Kier molecular flexibility index (Phi) is 7.37. The first-order valence-corrected chi connectivity index (χ1v) is 13.5. The lowest BCUT2D eigenvalue weighted by Gasteiger charge is -2.48. The van der Waals surface area contributed by atoms with E-state index in [4.69, 9.17) is 4.98 Å². The van der Waals surface area contributed by atoms with E-state index in [0.717, 1.165) is 53.7 Å². The van der Waals surface area contributed by atoms with Crippen LogP contribution in [-0.2, 0) is 6.54 Å². The number of hydrogen-bond donors (Lipinski definition) is 1. The van der Waals surface area contributed by atoms with Crippen molar-refractivity contribution in [2.24, 2.45) is 5.92 Å². The van der Waals surface area contributed by atoms with Crippen molar-refractivity contribution < 1.29 is 9.44 Å². The van der Waals surface area contributed by atoms with Crippen LogP contribution in [0.15, 0.2) is 54.6 Å². The molecule has 1 saturated carbocycles. The average Bonchev–Trinajstić information content (AvgIpc) is 2.91. The first-order chi connectivity index (χ1) is 17.4. The summed E-state index contributed by atoms with van der Waals surface area (Å²) in [4.78, 5) is 21.3. The summed E-state index contributed by atoms with van der Waals surface area (Å²) >= 11 is 0. The minimum Gasteiger partial charge on any atom is -0.632 e. The first kappa shape index (κ1) is 24.9. The Bertz CT molecular complexity index is 1200. The van der Waals surface area contributed by atoms with Gasteiger partial charge in [0.2, 0.25) is 0 Å². The van der Waals surface area contributed by atoms with Crippen molar-refractivity contribution in [2.45, 2.75) is 51.6 Å². The Morgan fingerprint density at radius 1 is 1.06 bits per heavy atom. The van der Waals surface area contributed by atoms with Crippen molar-refractivity contribution in [3.05, 3.63) is 70.9 Å². The third kappa shape index (κ3) is 5.31. The fourth-order valence-electron chi connectivity index (χ4n) is 5.91. The Morgan fingerprint density at radius 2 is 1.72 bits per heavy atom. The maximum absolute atomic E-state index is 14.1. The molecule has 36 heavy (non-hydrogen) atoms. The molecular weight excluding hydrogens is 448 g/mol. The van der Waals surface area contributed by atoms with Gasteiger partial charge in [-0.3, -0.25) is 9.69 Å². The van der Waals surface area contributed by atoms with Gasteiger partial charge in [-0.25, -0.2) is 4.98 Å². The fourth-order valence-corrected chi connectivity index (χ4v) is 5.91. The van der Waals surface area contributed by atoms with Crippen LogP contribution in [-0.4, -0.2) is 59.7 Å². The summed E-state index contributed by atoms with van der Waals surface area (Å²) < 4.78 is -0.331. The molecule has 0 radical (unpaired) electrons. The molecule has 1 saturated heterocycles. The quantitative estimate of drug-likeness (QED) is 0.376. The number of carbonyl (C=O) groups is 1. The van der Waals surface area contributed by atoms with E-state index in [-0.39, 0.29) is 23.1 Å². The zero-order valence-corrected chi connectivity index (χ0v) is 21.6. The summed E-state index contributed by atoms with van der Waals surface area (Å²) in [7, 11) is 2.06. The molecule has 6 heteroatoms. The number of amides is 1. The molecule has 1 aromatic heterocycles. The van der Waals surface area contributed by atoms with Crippen LogP contribution in [0.2, 0.25) is 0 Å². The standard InChI is InChI=1S/C30H38N4O2/c1-22(23-11-5-3-6-12-23)31-30(35)28-25-15-9-10-16-27(25)32-29(24-13-7-4-8-14-24)26(28)21-34(36)19-17-33(2)18-20-34/h4,7-10,13-16,22-23H,3,5-6,11-12,17-21H2,1-2H3,(H,31,35). The average molecular weight is 487 g/mol. The van der Waals surface area contributed by atoms with E-state index in [1.807, 2.05) is 54.6 Å². The summed E-state index contributed by atoms with van der Waals surface area (Å²) in [5.41, 5.74) is 3.86. The number of carbonyl (C=O) groups excluding carboxylic acids is 1. The Morgan fingerprint density at radius 3 is 2.44 bits per heavy atom. The van der Waals surface area contributed by atoms with Crippen LogP contribution in [0, 0.1) is 11.1 Å². The molecule has 2 heterocycles. The van der Waals surface area contributed by atoms with Crippen molar-refractivity contribution in [1.29, 1.82) is 0 Å². The number of quaternary nitrogens is 1. The zero-order valence-electron chi connectivity index (χ0n) is 21.6.